The third-order valence-electron chi connectivity index (χ3n) is 26.3. The van der Waals surface area contributed by atoms with Gasteiger partial charge in [0.1, 0.15) is 36.8 Å². The highest BCUT2D eigenvalue weighted by atomic mass is 33.1. The maximum atomic E-state index is 15.4. The van der Waals surface area contributed by atoms with Crippen molar-refractivity contribution in [1.82, 2.24) is 52.0 Å². The van der Waals surface area contributed by atoms with E-state index in [9.17, 15) is 93.0 Å². The lowest BCUT2D eigenvalue weighted by molar-refractivity contribution is -0.201. The number of H-pyrrole nitrogens is 1. The van der Waals surface area contributed by atoms with Gasteiger partial charge >= 0.3 is 42.2 Å². The van der Waals surface area contributed by atoms with Gasteiger partial charge in [0.05, 0.1) is 50.5 Å². The van der Waals surface area contributed by atoms with Gasteiger partial charge in [-0.3, -0.25) is 62.5 Å². The Morgan fingerprint density at radius 2 is 1.40 bits per heavy atom. The van der Waals surface area contributed by atoms with Crippen LogP contribution in [0.3, 0.4) is 0 Å². The molecule has 5 aliphatic heterocycles. The number of piperidine rings is 1. The lowest BCUT2D eigenvalue weighted by Gasteiger charge is -2.63. The highest BCUT2D eigenvalue weighted by molar-refractivity contribution is 8.76. The van der Waals surface area contributed by atoms with E-state index in [1.165, 1.54) is 5.56 Å². The summed E-state index contributed by atoms with van der Waals surface area (Å²) in [6.07, 6.45) is -0.938. The number of para-hydroxylation sites is 1. The second kappa shape index (κ2) is 46.0. The normalized spacial score (nSPS) is 24.2. The molecule has 7 amide bonds. The van der Waals surface area contributed by atoms with E-state index >= 15 is 4.79 Å². The number of aliphatic carboxylic acids is 4. The summed E-state index contributed by atoms with van der Waals surface area (Å²) in [5, 5.41) is 95.2. The number of aromatic amines is 1. The van der Waals surface area contributed by atoms with Gasteiger partial charge in [-0.2, -0.15) is 9.59 Å². The minimum absolute atomic E-state index is 0.0338. The minimum atomic E-state index is -2.50. The van der Waals surface area contributed by atoms with Gasteiger partial charge in [-0.1, -0.05) is 126 Å². The molecule has 6 heterocycles. The van der Waals surface area contributed by atoms with E-state index < -0.39 is 211 Å². The number of carbonyl (C=O) groups is 14. The van der Waals surface area contributed by atoms with Crippen LogP contribution < -0.4 is 52.6 Å². The van der Waals surface area contributed by atoms with Crippen LogP contribution in [0, 0.1) is 29.1 Å². The number of aliphatic hydroxyl groups excluding tert-OH is 2. The van der Waals surface area contributed by atoms with Crippen molar-refractivity contribution in [2.45, 2.75) is 195 Å². The Kier molecular flexibility index (Phi) is 35.6. The summed E-state index contributed by atoms with van der Waals surface area (Å²) in [6, 6.07) is 20.8. The molecule has 1 saturated carbocycles. The van der Waals surface area contributed by atoms with Crippen molar-refractivity contribution in [3.05, 3.63) is 143 Å². The molecule has 0 radical (unpaired) electrons. The summed E-state index contributed by atoms with van der Waals surface area (Å²) in [5.41, 5.74) is 8.01. The van der Waals surface area contributed by atoms with Crippen LogP contribution in [0.25, 0.3) is 10.9 Å². The van der Waals surface area contributed by atoms with Gasteiger partial charge < -0.3 is 103 Å². The van der Waals surface area contributed by atoms with Crippen molar-refractivity contribution < 1.29 is 127 Å². The number of likely N-dealkylation sites (N-methyl/N-ethyl adjacent to an activating group) is 1. The number of rotatable bonds is 46. The molecule has 4 unspecified atom stereocenters. The number of nitrogens with zero attached hydrogens (tertiary/aromatic N) is 3. The van der Waals surface area contributed by atoms with E-state index in [4.69, 9.17) is 29.9 Å². The molecule has 5 aromatic rings. The van der Waals surface area contributed by atoms with Crippen molar-refractivity contribution in [2.75, 3.05) is 83.0 Å². The first kappa shape index (κ1) is 102. The van der Waals surface area contributed by atoms with Crippen LogP contribution in [-0.2, 0) is 107 Å². The molecule has 1 aliphatic carbocycles. The summed E-state index contributed by atoms with van der Waals surface area (Å²) in [6.45, 7) is 7.00. The number of aromatic nitrogens is 1. The number of ketones is 3. The van der Waals surface area contributed by atoms with Gasteiger partial charge in [0.25, 0.3) is 6.47 Å². The molecule has 18 atom stereocenters. The highest BCUT2D eigenvalue weighted by Gasteiger charge is 2.78. The van der Waals surface area contributed by atoms with Crippen LogP contribution in [0.5, 0.6) is 5.75 Å². The van der Waals surface area contributed by atoms with Gasteiger partial charge in [-0.15, -0.1) is 0 Å². The van der Waals surface area contributed by atoms with Crippen molar-refractivity contribution in [3.63, 3.8) is 0 Å². The van der Waals surface area contributed by atoms with Gasteiger partial charge in [-0.25, -0.2) is 14.4 Å². The zero-order valence-electron chi connectivity index (χ0n) is 73.5. The first-order chi connectivity index (χ1) is 62.5. The zero-order valence-corrected chi connectivity index (χ0v) is 75.1. The number of Topliss-reactive ketones (excluding diaryl/α,β-unsaturated/α-hetero) is 3. The molecule has 40 heteroatoms. The fourth-order valence-electron chi connectivity index (χ4n) is 20.1. The lowest BCUT2D eigenvalue weighted by Crippen LogP contribution is -2.81. The molecule has 1 aromatic heterocycles. The van der Waals surface area contributed by atoms with E-state index in [0.29, 0.717) is 68.7 Å². The van der Waals surface area contributed by atoms with Crippen molar-refractivity contribution >= 4 is 128 Å². The Balaban J connectivity index is 0.00000586. The van der Waals surface area contributed by atoms with Gasteiger partial charge in [-0.05, 0) is 117 Å². The van der Waals surface area contributed by atoms with E-state index in [1.54, 1.807) is 67.8 Å². The Labute approximate surface area is 763 Å². The number of carbonyl (C=O) groups excluding carboxylic acids is 12. The van der Waals surface area contributed by atoms with Gasteiger partial charge in [0.2, 0.25) is 23.6 Å². The number of urea groups is 1. The summed E-state index contributed by atoms with van der Waals surface area (Å²) < 4.78 is 16.6. The molecular weight excluding hydrogens is 1740 g/mol. The average Bonchev–Trinajstić information content (AvgIpc) is 1.49. The predicted octanol–water partition coefficient (Wildman–Crippen LogP) is 3.40. The number of ether oxygens (including phenoxy) is 3. The summed E-state index contributed by atoms with van der Waals surface area (Å²) >= 11 is 0. The molecule has 3 fully saturated rings. The number of nitrogens with one attached hydrogen (secondary N) is 8. The number of nitrogens with two attached hydrogens (primary N) is 1. The largest absolute Gasteiger partial charge is 0.496 e. The van der Waals surface area contributed by atoms with Crippen LogP contribution in [0.15, 0.2) is 109 Å². The number of hydrogen-bond donors (Lipinski definition) is 16. The van der Waals surface area contributed by atoms with E-state index in [-0.39, 0.29) is 80.8 Å². The maximum Gasteiger partial charge on any atom is 0.407 e. The lowest BCUT2D eigenvalue weighted by atomic mass is 9.47. The number of alkyl carbamates (subject to hydrolysis) is 1. The van der Waals surface area contributed by atoms with Crippen LogP contribution in [0.4, 0.5) is 15.3 Å². The van der Waals surface area contributed by atoms with Crippen molar-refractivity contribution in [2.24, 2.45) is 34.8 Å². The quantitative estimate of drug-likeness (QED) is 0.00872. The molecular formula is C91H116N12O26S2. The second-order valence-electron chi connectivity index (χ2n) is 34.3. The van der Waals surface area contributed by atoms with Crippen molar-refractivity contribution in [1.29, 1.82) is 0 Å². The fraction of sp³-hybridized carbons (Fsp3) is 0.527. The molecule has 708 valence electrons. The number of aliphatic hydroxyl groups is 3. The average molecular weight is 1860 g/mol. The number of methoxy groups -OCH3 is 1. The SMILES string of the molecule is CC[C@@H]1CC2CN(CCc3c([nH]c4ccccc34)[C@@](C)(c3cc4c(cc3OC)N(C)C3[C@]45CCN4CC=C[C@@](CC)([C@@H](O)[C@]3(O)C(=O)CNC(=O)OCCSSC[C@H](CC(=O)[C@H](CC(=O)O)NC(=O)[C@@H](N)CNC(=O)[C@@H](CC(=O)[C@H](Cc3ccccc3)NC(=O)CCNC(=O)CC[C@H](NC(=O)N[C@@H](CCC(=O)O)OC=O)C(=O)O)Cc3ccccc3)C(=O)O)[C@H]45)C2)C1O.O=C=O. The standard InChI is InChI=1S/C90H116N12O24S2.CO2/c1-6-54-38-53-45-87(3,76-58(28-33-102(48-53)79(54)115)57-21-14-15-22-62(57)96-76)60-42-59-66(44-69(60)124-5)100(4)83-89(59)30-34-101-32-16-29-88(7-2,82(89)101)84(120)90(83,123)70(106)47-94-86(122)125-35-36-127-128-49-56(80(116)117)41-68(105)65(43-75(111)112)97-78(114)61(91)46-93-77(113)55(37-51-17-10-8-11-18-51)40-67(104)64(39-52-19-12-9-13-20-52)95-72(108)27-31-92-71(107)24-23-63(81(118)119)98-85(121)99-73(126-50-103)25-26-74(109)110;2-1-3/h8-22,29,42,44,50,53-56,61,63-65,73,79,82-84,96,115,120,123H,6-7,23-28,30-41,43,45-49,91H2,1-5H3,(H,92,107)(H,93,113)(H,94,122)(H,95,108)(H,97,114)(H,109,110)(H,111,112)(H,116,117)(H,118,119)(H2,98,99,121);/t53?,54-,55-,56+,61+,63+,64+,65+,73-,79?,82+,83?,84-,87-,88-,89-,90+;/m1./s1. The van der Waals surface area contributed by atoms with E-state index in [1.807, 2.05) is 49.2 Å². The predicted molar refractivity (Wildman–Crippen MR) is 475 cm³/mol. The first-order valence-corrected chi connectivity index (χ1v) is 46.1. The monoisotopic (exact) mass is 1860 g/mol. The first-order valence-electron chi connectivity index (χ1n) is 43.6. The Bertz CT molecular complexity index is 5040. The topological polar surface area (TPSA) is 578 Å². The number of fused-ring (bicyclic) bond motifs is 6. The van der Waals surface area contributed by atoms with Crippen LogP contribution in [-0.4, -0.2) is 279 Å². The number of benzene rings is 4. The van der Waals surface area contributed by atoms with Gasteiger partial charge in [0, 0.05) is 146 Å². The molecule has 1 spiro atoms. The Morgan fingerprint density at radius 3 is 2.05 bits per heavy atom. The maximum absolute atomic E-state index is 15.4. The second-order valence-corrected chi connectivity index (χ2v) is 37.0. The highest BCUT2D eigenvalue weighted by Crippen LogP contribution is 2.68. The molecule has 2 bridgehead atoms. The molecule has 131 heavy (non-hydrogen) atoms. The number of anilines is 1. The summed E-state index contributed by atoms with van der Waals surface area (Å²) in [5.74, 6) is -13.3. The molecule has 6 aliphatic rings. The van der Waals surface area contributed by atoms with Crippen LogP contribution in [0.1, 0.15) is 138 Å². The third kappa shape index (κ3) is 23.8. The minimum Gasteiger partial charge on any atom is -0.496 e. The molecule has 11 rings (SSSR count). The Morgan fingerprint density at radius 1 is 0.718 bits per heavy atom. The number of amides is 7. The Hall–Kier alpha value is -11.6. The fourth-order valence-corrected chi connectivity index (χ4v) is 22.3. The summed E-state index contributed by atoms with van der Waals surface area (Å²) in [4.78, 5) is 209. The third-order valence-corrected chi connectivity index (χ3v) is 28.7. The van der Waals surface area contributed by atoms with Crippen LogP contribution >= 0.6 is 21.6 Å². The van der Waals surface area contributed by atoms with Gasteiger partial charge in [0.15, 0.2) is 29.2 Å². The zero-order chi connectivity index (χ0) is 95.2. The molecule has 2 saturated heterocycles. The smallest absolute Gasteiger partial charge is 0.407 e. The number of hydrogen-bond acceptors (Lipinski definition) is 28. The number of carboxylic acids is 4. The molecule has 38 nitrogen and oxygen atoms in total. The van der Waals surface area contributed by atoms with E-state index in [2.05, 4.69) is 88.8 Å². The number of carboxylic acid groups (broad SMARTS) is 4. The van der Waals surface area contributed by atoms with Crippen molar-refractivity contribution in [3.8, 4) is 5.75 Å². The molecule has 17 N–H and O–H groups in total. The molecule has 4 aromatic carbocycles. The van der Waals surface area contributed by atoms with E-state index in [0.717, 1.165) is 67.8 Å². The van der Waals surface area contributed by atoms with Crippen LogP contribution in [0.2, 0.25) is 0 Å². The summed E-state index contributed by atoms with van der Waals surface area (Å²) in [7, 11) is 5.56.